The number of piperazine rings is 1. The molecule has 1 aromatic rings. The van der Waals surface area contributed by atoms with Crippen molar-refractivity contribution in [2.45, 2.75) is 31.8 Å². The molecule has 0 bridgehead atoms. The number of urea groups is 1. The van der Waals surface area contributed by atoms with Gasteiger partial charge >= 0.3 is 6.03 Å². The fraction of sp³-hybridized carbons (Fsp3) is 0.700. The van der Waals surface area contributed by atoms with E-state index in [-0.39, 0.29) is 12.1 Å². The van der Waals surface area contributed by atoms with Crippen LogP contribution in [0.3, 0.4) is 0 Å². The zero-order valence-electron chi connectivity index (χ0n) is 17.5. The fourth-order valence-corrected chi connectivity index (χ4v) is 4.74. The van der Waals surface area contributed by atoms with Gasteiger partial charge in [0, 0.05) is 45.9 Å². The highest BCUT2D eigenvalue weighted by Crippen LogP contribution is 2.30. The lowest BCUT2D eigenvalue weighted by Crippen LogP contribution is -2.48. The number of piperidine rings is 1. The van der Waals surface area contributed by atoms with Crippen molar-refractivity contribution in [3.8, 4) is 0 Å². The quantitative estimate of drug-likeness (QED) is 0.726. The maximum Gasteiger partial charge on any atom is 0.321 e. The highest BCUT2D eigenvalue weighted by Gasteiger charge is 2.28. The van der Waals surface area contributed by atoms with E-state index < -0.39 is 10.0 Å². The molecule has 3 heterocycles. The Balaban J connectivity index is 1.26. The lowest BCUT2D eigenvalue weighted by atomic mass is 10.1. The Hall–Kier alpha value is -1.91. The van der Waals surface area contributed by atoms with E-state index in [4.69, 9.17) is 4.74 Å². The Kier molecular flexibility index (Phi) is 6.45. The van der Waals surface area contributed by atoms with Crippen molar-refractivity contribution in [3.05, 3.63) is 18.3 Å². The third-order valence-electron chi connectivity index (χ3n) is 5.96. The molecule has 1 atom stereocenters. The molecule has 2 aliphatic heterocycles. The predicted octanol–water partition coefficient (Wildman–Crippen LogP) is 1.59. The standard InChI is InChI=1S/C20H31N5O4S/c1-30(27,28)25-11-9-23(10-12-25)19-7-6-17(13-21-19)22-20(26)24-8-2-3-18(14-24)29-15-16-4-5-16/h6-7,13,16,18H,2-5,8-12,14-15H2,1H3,(H,22,26). The summed E-state index contributed by atoms with van der Waals surface area (Å²) in [5.41, 5.74) is 0.652. The van der Waals surface area contributed by atoms with Crippen LogP contribution < -0.4 is 10.2 Å². The van der Waals surface area contributed by atoms with Crippen LogP contribution in [0.1, 0.15) is 25.7 Å². The van der Waals surface area contributed by atoms with Gasteiger partial charge in [-0.2, -0.15) is 4.31 Å². The number of pyridine rings is 1. The van der Waals surface area contributed by atoms with Crippen LogP contribution in [0.2, 0.25) is 0 Å². The normalized spacial score (nSPS) is 23.4. The average molecular weight is 438 g/mol. The predicted molar refractivity (Wildman–Crippen MR) is 115 cm³/mol. The molecule has 0 aromatic carbocycles. The molecular weight excluding hydrogens is 406 g/mol. The van der Waals surface area contributed by atoms with E-state index in [1.54, 1.807) is 6.20 Å². The Labute approximate surface area is 178 Å². The minimum absolute atomic E-state index is 0.119. The first kappa shape index (κ1) is 21.3. The van der Waals surface area contributed by atoms with Gasteiger partial charge in [0.1, 0.15) is 5.82 Å². The lowest BCUT2D eigenvalue weighted by molar-refractivity contribution is 0.00597. The van der Waals surface area contributed by atoms with Gasteiger partial charge in [0.2, 0.25) is 10.0 Å². The van der Waals surface area contributed by atoms with E-state index in [1.807, 2.05) is 17.0 Å². The summed E-state index contributed by atoms with van der Waals surface area (Å²) in [6.07, 6.45) is 7.54. The van der Waals surface area contributed by atoms with Gasteiger partial charge in [-0.15, -0.1) is 0 Å². The Morgan fingerprint density at radius 2 is 1.93 bits per heavy atom. The van der Waals surface area contributed by atoms with Gasteiger partial charge in [0.15, 0.2) is 0 Å². The summed E-state index contributed by atoms with van der Waals surface area (Å²) in [4.78, 5) is 21.0. The van der Waals surface area contributed by atoms with Crippen LogP contribution in [0.4, 0.5) is 16.3 Å². The van der Waals surface area contributed by atoms with Crippen molar-refractivity contribution in [2.75, 3.05) is 62.3 Å². The molecular formula is C20H31N5O4S. The molecule has 9 nitrogen and oxygen atoms in total. The monoisotopic (exact) mass is 437 g/mol. The van der Waals surface area contributed by atoms with Crippen molar-refractivity contribution < 1.29 is 17.9 Å². The molecule has 3 aliphatic rings. The van der Waals surface area contributed by atoms with Crippen LogP contribution in [-0.4, -0.2) is 86.9 Å². The van der Waals surface area contributed by atoms with Gasteiger partial charge in [0.25, 0.3) is 0 Å². The maximum absolute atomic E-state index is 12.6. The van der Waals surface area contributed by atoms with Crippen LogP contribution >= 0.6 is 0 Å². The van der Waals surface area contributed by atoms with Crippen LogP contribution in [0.25, 0.3) is 0 Å². The van der Waals surface area contributed by atoms with Gasteiger partial charge in [0.05, 0.1) is 24.2 Å². The van der Waals surface area contributed by atoms with Crippen molar-refractivity contribution in [1.82, 2.24) is 14.2 Å². The average Bonchev–Trinajstić information content (AvgIpc) is 3.57. The van der Waals surface area contributed by atoms with Crippen LogP contribution in [0.5, 0.6) is 0 Å². The topological polar surface area (TPSA) is 95.1 Å². The summed E-state index contributed by atoms with van der Waals surface area (Å²) < 4.78 is 30.7. The van der Waals surface area contributed by atoms with Crippen LogP contribution in [-0.2, 0) is 14.8 Å². The molecule has 166 valence electrons. The number of sulfonamides is 1. The van der Waals surface area contributed by atoms with Gasteiger partial charge in [-0.1, -0.05) is 0 Å². The maximum atomic E-state index is 12.6. The molecule has 0 radical (unpaired) electrons. The summed E-state index contributed by atoms with van der Waals surface area (Å²) >= 11 is 0. The number of hydrogen-bond donors (Lipinski definition) is 1. The molecule has 0 spiro atoms. The second-order valence-electron chi connectivity index (χ2n) is 8.47. The van der Waals surface area contributed by atoms with Gasteiger partial charge in [-0.05, 0) is 43.7 Å². The van der Waals surface area contributed by atoms with Crippen LogP contribution in [0, 0.1) is 5.92 Å². The molecule has 3 fully saturated rings. The summed E-state index contributed by atoms with van der Waals surface area (Å²) in [7, 11) is -3.15. The molecule has 1 aliphatic carbocycles. The number of aromatic nitrogens is 1. The smallest absolute Gasteiger partial charge is 0.321 e. The molecule has 1 N–H and O–H groups in total. The molecule has 1 unspecified atom stereocenters. The Morgan fingerprint density at radius 3 is 2.57 bits per heavy atom. The summed E-state index contributed by atoms with van der Waals surface area (Å²) in [5.74, 6) is 1.51. The van der Waals surface area contributed by atoms with E-state index in [1.165, 1.54) is 23.4 Å². The number of carbonyl (C=O) groups is 1. The Bertz CT molecular complexity index is 835. The van der Waals surface area contributed by atoms with E-state index >= 15 is 0 Å². The van der Waals surface area contributed by atoms with E-state index in [2.05, 4.69) is 15.2 Å². The SMILES string of the molecule is CS(=O)(=O)N1CCN(c2ccc(NC(=O)N3CCCC(OCC4CC4)C3)cn2)CC1. The zero-order chi connectivity index (χ0) is 21.1. The minimum atomic E-state index is -3.15. The number of ether oxygens (including phenoxy) is 1. The fourth-order valence-electron chi connectivity index (χ4n) is 3.91. The number of rotatable bonds is 6. The second kappa shape index (κ2) is 9.07. The number of anilines is 2. The number of carbonyl (C=O) groups excluding carboxylic acids is 1. The molecule has 1 aromatic heterocycles. The van der Waals surface area contributed by atoms with Gasteiger partial charge in [-0.3, -0.25) is 0 Å². The first-order valence-corrected chi connectivity index (χ1v) is 12.6. The minimum Gasteiger partial charge on any atom is -0.376 e. The van der Waals surface area contributed by atoms with Crippen molar-refractivity contribution in [3.63, 3.8) is 0 Å². The second-order valence-corrected chi connectivity index (χ2v) is 10.5. The number of amides is 2. The number of nitrogens with one attached hydrogen (secondary N) is 1. The van der Waals surface area contributed by atoms with Crippen molar-refractivity contribution >= 4 is 27.6 Å². The third-order valence-corrected chi connectivity index (χ3v) is 7.26. The summed E-state index contributed by atoms with van der Waals surface area (Å²) in [6.45, 7) is 4.31. The van der Waals surface area contributed by atoms with Crippen molar-refractivity contribution in [1.29, 1.82) is 0 Å². The van der Waals surface area contributed by atoms with E-state index in [9.17, 15) is 13.2 Å². The molecule has 4 rings (SSSR count). The third kappa shape index (κ3) is 5.61. The highest BCUT2D eigenvalue weighted by atomic mass is 32.2. The first-order chi connectivity index (χ1) is 14.4. The van der Waals surface area contributed by atoms with Gasteiger partial charge in [-0.25, -0.2) is 18.2 Å². The van der Waals surface area contributed by atoms with Crippen LogP contribution in [0.15, 0.2) is 18.3 Å². The van der Waals surface area contributed by atoms with E-state index in [0.29, 0.717) is 38.4 Å². The zero-order valence-corrected chi connectivity index (χ0v) is 18.3. The number of likely N-dealkylation sites (tertiary alicyclic amines) is 1. The Morgan fingerprint density at radius 1 is 1.17 bits per heavy atom. The number of nitrogens with zero attached hydrogens (tertiary/aromatic N) is 4. The highest BCUT2D eigenvalue weighted by molar-refractivity contribution is 7.88. The lowest BCUT2D eigenvalue weighted by Gasteiger charge is -2.34. The summed E-state index contributed by atoms with van der Waals surface area (Å²) in [5, 5.41) is 2.93. The largest absolute Gasteiger partial charge is 0.376 e. The molecule has 2 saturated heterocycles. The molecule has 10 heteroatoms. The first-order valence-electron chi connectivity index (χ1n) is 10.7. The number of hydrogen-bond acceptors (Lipinski definition) is 6. The molecule has 1 saturated carbocycles. The van der Waals surface area contributed by atoms with Gasteiger partial charge < -0.3 is 19.9 Å². The van der Waals surface area contributed by atoms with E-state index in [0.717, 1.165) is 37.7 Å². The van der Waals surface area contributed by atoms with Crippen molar-refractivity contribution in [2.24, 2.45) is 5.92 Å². The molecule has 30 heavy (non-hydrogen) atoms. The molecule has 2 amide bonds. The summed E-state index contributed by atoms with van der Waals surface area (Å²) in [6, 6.07) is 3.59.